The maximum atomic E-state index is 12.9. The predicted molar refractivity (Wildman–Crippen MR) is 117 cm³/mol. The average Bonchev–Trinajstić information content (AvgIpc) is 3.43. The molecule has 152 valence electrons. The highest BCUT2D eigenvalue weighted by Crippen LogP contribution is 2.21. The molecule has 0 aliphatic rings. The van der Waals surface area contributed by atoms with Gasteiger partial charge < -0.3 is 20.4 Å². The summed E-state index contributed by atoms with van der Waals surface area (Å²) in [6, 6.07) is 16.1. The predicted octanol–water partition coefficient (Wildman–Crippen LogP) is 3.61. The Labute approximate surface area is 177 Å². The molecule has 0 saturated carbocycles. The quantitative estimate of drug-likeness (QED) is 0.426. The molecule has 4 rings (SSSR count). The molecule has 7 nitrogen and oxygen atoms in total. The summed E-state index contributed by atoms with van der Waals surface area (Å²) in [4.78, 5) is 32.9. The molecule has 30 heavy (non-hydrogen) atoms. The average molecular weight is 420 g/mol. The Hall–Kier alpha value is -3.65. The van der Waals surface area contributed by atoms with Gasteiger partial charge in [-0.05, 0) is 23.8 Å². The summed E-state index contributed by atoms with van der Waals surface area (Å²) in [7, 11) is 1.59. The molecule has 0 bridgehead atoms. The summed E-state index contributed by atoms with van der Waals surface area (Å²) >= 11 is 1.32. The molecule has 1 atom stereocenters. The van der Waals surface area contributed by atoms with E-state index in [-0.39, 0.29) is 11.8 Å². The number of amides is 2. The van der Waals surface area contributed by atoms with E-state index < -0.39 is 6.04 Å². The zero-order chi connectivity index (χ0) is 20.9. The Morgan fingerprint density at radius 2 is 2.00 bits per heavy atom. The van der Waals surface area contributed by atoms with Crippen LogP contribution in [-0.2, 0) is 11.2 Å². The standard InChI is InChI=1S/C22H20N4O3S/c1-29-16-8-7-15-12-19(24-17(15)13-16)20(27)25-18(11-14-5-3-2-4-6-14)21(28)26-22-23-9-10-30-22/h2-10,12-13,18,24H,11H2,1H3,(H,25,27)(H,23,26,28). The van der Waals surface area contributed by atoms with E-state index in [9.17, 15) is 9.59 Å². The molecule has 1 unspecified atom stereocenters. The number of aromatic nitrogens is 2. The molecular formula is C22H20N4O3S. The van der Waals surface area contributed by atoms with E-state index in [1.54, 1.807) is 24.8 Å². The number of anilines is 1. The molecule has 3 N–H and O–H groups in total. The van der Waals surface area contributed by atoms with Gasteiger partial charge in [0.1, 0.15) is 17.5 Å². The van der Waals surface area contributed by atoms with Gasteiger partial charge in [-0.2, -0.15) is 0 Å². The number of H-pyrrole nitrogens is 1. The van der Waals surface area contributed by atoms with E-state index in [1.165, 1.54) is 11.3 Å². The monoisotopic (exact) mass is 420 g/mol. The second-order valence-electron chi connectivity index (χ2n) is 6.68. The van der Waals surface area contributed by atoms with Crippen LogP contribution in [0.3, 0.4) is 0 Å². The van der Waals surface area contributed by atoms with Crippen molar-refractivity contribution in [3.05, 3.63) is 77.4 Å². The maximum Gasteiger partial charge on any atom is 0.268 e. The van der Waals surface area contributed by atoms with Gasteiger partial charge in [0.25, 0.3) is 5.91 Å². The summed E-state index contributed by atoms with van der Waals surface area (Å²) in [6.07, 6.45) is 1.97. The molecule has 2 heterocycles. The number of fused-ring (bicyclic) bond motifs is 1. The van der Waals surface area contributed by atoms with Crippen LogP contribution in [0.2, 0.25) is 0 Å². The van der Waals surface area contributed by atoms with E-state index in [1.807, 2.05) is 48.5 Å². The Morgan fingerprint density at radius 1 is 1.17 bits per heavy atom. The van der Waals surface area contributed by atoms with Crippen LogP contribution in [0.15, 0.2) is 66.2 Å². The van der Waals surface area contributed by atoms with Gasteiger partial charge in [0.15, 0.2) is 5.13 Å². The Kier molecular flexibility index (Phi) is 5.76. The number of nitrogens with one attached hydrogen (secondary N) is 3. The van der Waals surface area contributed by atoms with Crippen LogP contribution < -0.4 is 15.4 Å². The first-order valence-corrected chi connectivity index (χ1v) is 10.2. The smallest absolute Gasteiger partial charge is 0.268 e. The molecule has 2 aromatic carbocycles. The van der Waals surface area contributed by atoms with Crippen molar-refractivity contribution >= 4 is 39.2 Å². The second-order valence-corrected chi connectivity index (χ2v) is 7.57. The van der Waals surface area contributed by atoms with Gasteiger partial charge in [0.05, 0.1) is 7.11 Å². The van der Waals surface area contributed by atoms with Crippen LogP contribution in [0.1, 0.15) is 16.1 Å². The number of rotatable bonds is 7. The van der Waals surface area contributed by atoms with Crippen molar-refractivity contribution in [2.24, 2.45) is 0 Å². The lowest BCUT2D eigenvalue weighted by molar-refractivity contribution is -0.118. The first-order valence-electron chi connectivity index (χ1n) is 9.34. The molecule has 2 aromatic heterocycles. The number of thiazole rings is 1. The number of benzene rings is 2. The lowest BCUT2D eigenvalue weighted by atomic mass is 10.1. The number of methoxy groups -OCH3 is 1. The number of hydrogen-bond acceptors (Lipinski definition) is 5. The molecule has 0 spiro atoms. The van der Waals surface area contributed by atoms with Crippen LogP contribution in [0.4, 0.5) is 5.13 Å². The number of aromatic amines is 1. The Balaban J connectivity index is 1.55. The van der Waals surface area contributed by atoms with Gasteiger partial charge in [-0.3, -0.25) is 9.59 Å². The molecule has 0 aliphatic heterocycles. The highest BCUT2D eigenvalue weighted by atomic mass is 32.1. The first kappa shape index (κ1) is 19.7. The van der Waals surface area contributed by atoms with E-state index in [0.717, 1.165) is 16.5 Å². The van der Waals surface area contributed by atoms with Gasteiger partial charge in [-0.1, -0.05) is 30.3 Å². The highest BCUT2D eigenvalue weighted by molar-refractivity contribution is 7.13. The van der Waals surface area contributed by atoms with E-state index >= 15 is 0 Å². The summed E-state index contributed by atoms with van der Waals surface area (Å²) in [5, 5.41) is 8.76. The molecule has 0 aliphatic carbocycles. The minimum Gasteiger partial charge on any atom is -0.497 e. The highest BCUT2D eigenvalue weighted by Gasteiger charge is 2.23. The van der Waals surface area contributed by atoms with Gasteiger partial charge in [0, 0.05) is 35.0 Å². The number of nitrogens with zero attached hydrogens (tertiary/aromatic N) is 1. The SMILES string of the molecule is COc1ccc2cc(C(=O)NC(Cc3ccccc3)C(=O)Nc3nccs3)[nH]c2c1. The normalized spacial score (nSPS) is 11.8. The van der Waals surface area contributed by atoms with Crippen LogP contribution in [0.5, 0.6) is 5.75 Å². The van der Waals surface area contributed by atoms with Gasteiger partial charge in [-0.25, -0.2) is 4.98 Å². The summed E-state index contributed by atoms with van der Waals surface area (Å²) in [6.45, 7) is 0. The third-order valence-corrected chi connectivity index (χ3v) is 5.33. The zero-order valence-electron chi connectivity index (χ0n) is 16.2. The van der Waals surface area contributed by atoms with Crippen LogP contribution >= 0.6 is 11.3 Å². The van der Waals surface area contributed by atoms with Gasteiger partial charge >= 0.3 is 0 Å². The topological polar surface area (TPSA) is 96.1 Å². The molecular weight excluding hydrogens is 400 g/mol. The van der Waals surface area contributed by atoms with Crippen molar-refractivity contribution < 1.29 is 14.3 Å². The fraction of sp³-hybridized carbons (Fsp3) is 0.136. The zero-order valence-corrected chi connectivity index (χ0v) is 17.0. The fourth-order valence-electron chi connectivity index (χ4n) is 3.13. The first-order chi connectivity index (χ1) is 14.6. The van der Waals surface area contributed by atoms with Crippen molar-refractivity contribution in [1.29, 1.82) is 0 Å². The van der Waals surface area contributed by atoms with E-state index in [0.29, 0.717) is 23.0 Å². The minimum absolute atomic E-state index is 0.320. The van der Waals surface area contributed by atoms with E-state index in [4.69, 9.17) is 4.74 Å². The number of carbonyl (C=O) groups is 2. The Morgan fingerprint density at radius 3 is 2.73 bits per heavy atom. The summed E-state index contributed by atoms with van der Waals surface area (Å²) in [5.41, 5.74) is 2.10. The van der Waals surface area contributed by atoms with Gasteiger partial charge in [0.2, 0.25) is 5.91 Å². The number of hydrogen-bond donors (Lipinski definition) is 3. The molecule has 0 radical (unpaired) electrons. The van der Waals surface area contributed by atoms with Crippen molar-refractivity contribution in [1.82, 2.24) is 15.3 Å². The second kappa shape index (κ2) is 8.79. The van der Waals surface area contributed by atoms with Crippen LogP contribution in [0.25, 0.3) is 10.9 Å². The molecule has 0 saturated heterocycles. The molecule has 4 aromatic rings. The third kappa shape index (κ3) is 4.49. The van der Waals surface area contributed by atoms with E-state index in [2.05, 4.69) is 20.6 Å². The largest absolute Gasteiger partial charge is 0.497 e. The maximum absolute atomic E-state index is 12.9. The van der Waals surface area contributed by atoms with Crippen molar-refractivity contribution in [2.45, 2.75) is 12.5 Å². The lowest BCUT2D eigenvalue weighted by Gasteiger charge is -2.17. The Bertz CT molecular complexity index is 1160. The van der Waals surface area contributed by atoms with Crippen molar-refractivity contribution in [3.8, 4) is 5.75 Å². The molecule has 2 amide bonds. The summed E-state index contributed by atoms with van der Waals surface area (Å²) in [5.74, 6) is 0.0152. The van der Waals surface area contributed by atoms with Crippen molar-refractivity contribution in [3.63, 3.8) is 0 Å². The third-order valence-electron chi connectivity index (χ3n) is 4.64. The van der Waals surface area contributed by atoms with Gasteiger partial charge in [-0.15, -0.1) is 11.3 Å². The van der Waals surface area contributed by atoms with Crippen molar-refractivity contribution in [2.75, 3.05) is 12.4 Å². The lowest BCUT2D eigenvalue weighted by Crippen LogP contribution is -2.45. The van der Waals surface area contributed by atoms with Crippen LogP contribution in [0, 0.1) is 0 Å². The molecule has 8 heteroatoms. The molecule has 0 fully saturated rings. The van der Waals surface area contributed by atoms with Crippen LogP contribution in [-0.4, -0.2) is 34.9 Å². The number of ether oxygens (including phenoxy) is 1. The summed E-state index contributed by atoms with van der Waals surface area (Å²) < 4.78 is 5.23. The minimum atomic E-state index is -0.759. The fourth-order valence-corrected chi connectivity index (χ4v) is 3.66. The number of carbonyl (C=O) groups excluding carboxylic acids is 2.